The van der Waals surface area contributed by atoms with Crippen molar-refractivity contribution in [1.29, 1.82) is 0 Å². The van der Waals surface area contributed by atoms with Gasteiger partial charge in [0, 0.05) is 10.9 Å². The number of anilines is 1. The van der Waals surface area contributed by atoms with Gasteiger partial charge in [-0.1, -0.05) is 12.1 Å². The summed E-state index contributed by atoms with van der Waals surface area (Å²) >= 11 is 0. The number of ether oxygens (including phenoxy) is 1. The second-order valence-electron chi connectivity index (χ2n) is 6.89. The minimum absolute atomic E-state index is 0.0712. The Kier molecular flexibility index (Phi) is 5.08. The lowest BCUT2D eigenvalue weighted by Crippen LogP contribution is -3.17. The molecule has 3 N–H and O–H groups in total. The zero-order chi connectivity index (χ0) is 18.0. The van der Waals surface area contributed by atoms with Gasteiger partial charge < -0.3 is 19.9 Å². The number of likely N-dealkylation sites (tertiary alicyclic amines) is 1. The van der Waals surface area contributed by atoms with Crippen LogP contribution in [0.25, 0.3) is 10.9 Å². The summed E-state index contributed by atoms with van der Waals surface area (Å²) in [7, 11) is 1.34. The van der Waals surface area contributed by atoms with Crippen molar-refractivity contribution in [2.24, 2.45) is 0 Å². The zero-order valence-corrected chi connectivity index (χ0v) is 15.1. The van der Waals surface area contributed by atoms with Crippen molar-refractivity contribution in [3.63, 3.8) is 0 Å². The van der Waals surface area contributed by atoms with E-state index in [9.17, 15) is 9.59 Å². The van der Waals surface area contributed by atoms with Crippen molar-refractivity contribution >= 4 is 28.5 Å². The summed E-state index contributed by atoms with van der Waals surface area (Å²) in [4.78, 5) is 29.2. The number of hydrogen-bond acceptors (Lipinski definition) is 3. The Morgan fingerprint density at radius 2 is 2.16 bits per heavy atom. The maximum Gasteiger partial charge on any atom is 0.356 e. The third-order valence-electron chi connectivity index (χ3n) is 5.16. The first-order valence-corrected chi connectivity index (χ1v) is 8.85. The predicted molar refractivity (Wildman–Crippen MR) is 97.0 cm³/mol. The van der Waals surface area contributed by atoms with Crippen LogP contribution in [0, 0.1) is 6.92 Å². The molecule has 1 unspecified atom stereocenters. The monoisotopic (exact) mass is 344 g/mol. The van der Waals surface area contributed by atoms with E-state index in [-0.39, 0.29) is 5.91 Å². The molecule has 1 amide bonds. The lowest BCUT2D eigenvalue weighted by molar-refractivity contribution is -0.920. The molecule has 0 radical (unpaired) electrons. The summed E-state index contributed by atoms with van der Waals surface area (Å²) in [5.41, 5.74) is 2.63. The first-order valence-electron chi connectivity index (χ1n) is 8.85. The fraction of sp³-hybridized carbons (Fsp3) is 0.474. The molecular formula is C19H26N3O3+. The molecule has 1 aliphatic heterocycles. The van der Waals surface area contributed by atoms with Gasteiger partial charge >= 0.3 is 5.97 Å². The maximum absolute atomic E-state index is 12.6. The van der Waals surface area contributed by atoms with Crippen LogP contribution < -0.4 is 10.2 Å². The molecule has 1 saturated heterocycles. The van der Waals surface area contributed by atoms with Crippen LogP contribution in [0.2, 0.25) is 0 Å². The molecule has 2 aromatic rings. The molecule has 2 heterocycles. The van der Waals surface area contributed by atoms with Gasteiger partial charge in [-0.05, 0) is 44.7 Å². The second kappa shape index (κ2) is 7.27. The number of aromatic amines is 1. The molecule has 6 heteroatoms. The summed E-state index contributed by atoms with van der Waals surface area (Å²) in [5.74, 6) is -0.553. The van der Waals surface area contributed by atoms with Gasteiger partial charge in [-0.3, -0.25) is 4.79 Å². The Morgan fingerprint density at radius 3 is 2.88 bits per heavy atom. The number of quaternary nitrogens is 1. The van der Waals surface area contributed by atoms with Crippen LogP contribution in [0.5, 0.6) is 0 Å². The van der Waals surface area contributed by atoms with Crippen LogP contribution in [0.15, 0.2) is 18.2 Å². The van der Waals surface area contributed by atoms with Gasteiger partial charge in [0.25, 0.3) is 5.91 Å². The largest absolute Gasteiger partial charge is 0.464 e. The lowest BCUT2D eigenvalue weighted by Gasteiger charge is -2.29. The van der Waals surface area contributed by atoms with Gasteiger partial charge in [0.15, 0.2) is 6.54 Å². The van der Waals surface area contributed by atoms with Gasteiger partial charge in [0.1, 0.15) is 5.69 Å². The van der Waals surface area contributed by atoms with Gasteiger partial charge in [-0.25, -0.2) is 4.79 Å². The standard InChI is InChI=1S/C19H25N3O3/c1-12-7-6-9-14-16(12)17(18(20-14)19(24)25-3)21-15(23)11-22-10-5-4-8-13(22)2/h6-7,9,13,20H,4-5,8,10-11H2,1-3H3,(H,21,23)/p+1/t13-/m0/s1. The number of carbonyl (C=O) groups is 2. The number of piperidine rings is 1. The van der Waals surface area contributed by atoms with E-state index < -0.39 is 5.97 Å². The molecule has 1 aliphatic rings. The number of rotatable bonds is 4. The number of fused-ring (bicyclic) bond motifs is 1. The van der Waals surface area contributed by atoms with Crippen LogP contribution in [0.3, 0.4) is 0 Å². The minimum atomic E-state index is -0.482. The summed E-state index contributed by atoms with van der Waals surface area (Å²) < 4.78 is 4.87. The highest BCUT2D eigenvalue weighted by Gasteiger charge is 2.26. The zero-order valence-electron chi connectivity index (χ0n) is 15.1. The molecule has 1 aromatic heterocycles. The average Bonchev–Trinajstić information content (AvgIpc) is 2.96. The molecule has 6 nitrogen and oxygen atoms in total. The molecule has 1 fully saturated rings. The number of nitrogens with one attached hydrogen (secondary N) is 3. The topological polar surface area (TPSA) is 75.6 Å². The smallest absolute Gasteiger partial charge is 0.356 e. The van der Waals surface area contributed by atoms with Gasteiger partial charge in [-0.15, -0.1) is 0 Å². The Bertz CT molecular complexity index is 797. The van der Waals surface area contributed by atoms with Gasteiger partial charge in [0.2, 0.25) is 0 Å². The average molecular weight is 344 g/mol. The Morgan fingerprint density at radius 1 is 1.36 bits per heavy atom. The van der Waals surface area contributed by atoms with Crippen molar-refractivity contribution < 1.29 is 19.2 Å². The SMILES string of the molecule is COC(=O)c1[nH]c2cccc(C)c2c1NC(=O)C[NH+]1CCCC[C@@H]1C. The van der Waals surface area contributed by atoms with E-state index in [0.717, 1.165) is 35.9 Å². The summed E-state index contributed by atoms with van der Waals surface area (Å²) in [6.07, 6.45) is 3.55. The minimum Gasteiger partial charge on any atom is -0.464 e. The van der Waals surface area contributed by atoms with Crippen LogP contribution in [0.1, 0.15) is 42.2 Å². The normalized spacial score (nSPS) is 20.4. The molecule has 134 valence electrons. The Hall–Kier alpha value is -2.34. The van der Waals surface area contributed by atoms with E-state index in [2.05, 4.69) is 17.2 Å². The predicted octanol–water partition coefficient (Wildman–Crippen LogP) is 1.66. The first kappa shape index (κ1) is 17.5. The lowest BCUT2D eigenvalue weighted by atomic mass is 10.0. The number of carbonyl (C=O) groups excluding carboxylic acids is 2. The van der Waals surface area contributed by atoms with Crippen molar-refractivity contribution in [2.45, 2.75) is 39.2 Å². The number of aromatic nitrogens is 1. The first-order chi connectivity index (χ1) is 12.0. The second-order valence-corrected chi connectivity index (χ2v) is 6.89. The molecule has 25 heavy (non-hydrogen) atoms. The van der Waals surface area contributed by atoms with E-state index in [1.54, 1.807) is 0 Å². The highest BCUT2D eigenvalue weighted by atomic mass is 16.5. The summed E-state index contributed by atoms with van der Waals surface area (Å²) in [6, 6.07) is 6.26. The molecule has 0 bridgehead atoms. The van der Waals surface area contributed by atoms with E-state index in [1.807, 2.05) is 25.1 Å². The summed E-state index contributed by atoms with van der Waals surface area (Å²) in [6.45, 7) is 5.59. The fourth-order valence-electron chi connectivity index (χ4n) is 3.71. The van der Waals surface area contributed by atoms with Gasteiger partial charge in [-0.2, -0.15) is 0 Å². The van der Waals surface area contributed by atoms with Crippen molar-refractivity contribution in [3.8, 4) is 0 Å². The van der Waals surface area contributed by atoms with Gasteiger partial charge in [0.05, 0.1) is 25.4 Å². The molecule has 0 saturated carbocycles. The third-order valence-corrected chi connectivity index (χ3v) is 5.16. The number of amides is 1. The number of aryl methyl sites for hydroxylation is 1. The number of H-pyrrole nitrogens is 1. The molecule has 3 rings (SSSR count). The van der Waals surface area contributed by atoms with E-state index >= 15 is 0 Å². The van der Waals surface area contributed by atoms with E-state index in [4.69, 9.17) is 4.74 Å². The molecule has 2 atom stereocenters. The molecule has 1 aromatic carbocycles. The Balaban J connectivity index is 1.88. The summed E-state index contributed by atoms with van der Waals surface area (Å²) in [5, 5.41) is 3.82. The molecule has 0 spiro atoms. The van der Waals surface area contributed by atoms with Crippen molar-refractivity contribution in [1.82, 2.24) is 4.98 Å². The number of esters is 1. The Labute approximate surface area is 147 Å². The van der Waals surface area contributed by atoms with E-state index in [1.165, 1.54) is 18.4 Å². The number of hydrogen-bond donors (Lipinski definition) is 3. The molecular weight excluding hydrogens is 318 g/mol. The number of methoxy groups -OCH3 is 1. The third kappa shape index (κ3) is 3.54. The van der Waals surface area contributed by atoms with Crippen LogP contribution in [-0.4, -0.2) is 43.1 Å². The molecule has 0 aliphatic carbocycles. The van der Waals surface area contributed by atoms with Crippen molar-refractivity contribution in [3.05, 3.63) is 29.5 Å². The highest BCUT2D eigenvalue weighted by Crippen LogP contribution is 2.31. The van der Waals surface area contributed by atoms with E-state index in [0.29, 0.717) is 24.0 Å². The van der Waals surface area contributed by atoms with Crippen LogP contribution >= 0.6 is 0 Å². The number of benzene rings is 1. The van der Waals surface area contributed by atoms with Crippen LogP contribution in [0.4, 0.5) is 5.69 Å². The quantitative estimate of drug-likeness (QED) is 0.739. The maximum atomic E-state index is 12.6. The van der Waals surface area contributed by atoms with Crippen molar-refractivity contribution in [2.75, 3.05) is 25.5 Å². The fourth-order valence-corrected chi connectivity index (χ4v) is 3.71. The highest BCUT2D eigenvalue weighted by molar-refractivity contribution is 6.12. The van der Waals surface area contributed by atoms with Crippen LogP contribution in [-0.2, 0) is 9.53 Å².